The number of carbonyl (C=O) groups excluding carboxylic acids is 1. The molecule has 1 aromatic carbocycles. The van der Waals surface area contributed by atoms with E-state index in [1.54, 1.807) is 19.2 Å². The fraction of sp³-hybridized carbons (Fsp3) is 0.500. The zero-order valence-corrected chi connectivity index (χ0v) is 12.2. The molecule has 6 nitrogen and oxygen atoms in total. The Morgan fingerprint density at radius 2 is 1.80 bits per heavy atom. The van der Waals surface area contributed by atoms with Crippen LogP contribution in [0.1, 0.15) is 10.4 Å². The molecule has 20 heavy (non-hydrogen) atoms. The maximum atomic E-state index is 12.6. The summed E-state index contributed by atoms with van der Waals surface area (Å²) in [6, 6.07) is 3.34. The van der Waals surface area contributed by atoms with Crippen molar-refractivity contribution in [2.75, 3.05) is 53.2 Å². The van der Waals surface area contributed by atoms with Gasteiger partial charge in [-0.2, -0.15) is 0 Å². The third-order valence-corrected chi connectivity index (χ3v) is 3.59. The first kappa shape index (κ1) is 14.5. The number of hydrogen-bond acceptors (Lipinski definition) is 5. The predicted octanol–water partition coefficient (Wildman–Crippen LogP) is 0.674. The highest BCUT2D eigenvalue weighted by molar-refractivity contribution is 6.01. The van der Waals surface area contributed by atoms with Crippen molar-refractivity contribution in [2.45, 2.75) is 0 Å². The smallest absolute Gasteiger partial charge is 0.256 e. The van der Waals surface area contributed by atoms with Crippen LogP contribution in [-0.4, -0.2) is 63.2 Å². The van der Waals surface area contributed by atoms with Gasteiger partial charge in [0.15, 0.2) is 0 Å². The van der Waals surface area contributed by atoms with E-state index < -0.39 is 0 Å². The Labute approximate surface area is 119 Å². The van der Waals surface area contributed by atoms with E-state index in [2.05, 4.69) is 4.90 Å². The van der Waals surface area contributed by atoms with Gasteiger partial charge in [-0.1, -0.05) is 0 Å². The van der Waals surface area contributed by atoms with E-state index in [4.69, 9.17) is 15.2 Å². The van der Waals surface area contributed by atoms with Crippen LogP contribution in [0.2, 0.25) is 0 Å². The quantitative estimate of drug-likeness (QED) is 0.824. The van der Waals surface area contributed by atoms with Crippen LogP contribution in [-0.2, 0) is 0 Å². The van der Waals surface area contributed by atoms with Gasteiger partial charge in [-0.3, -0.25) is 4.79 Å². The number of hydrogen-bond donors (Lipinski definition) is 1. The first-order valence-electron chi connectivity index (χ1n) is 6.56. The summed E-state index contributed by atoms with van der Waals surface area (Å²) in [6.07, 6.45) is 0. The molecular formula is C14H21N3O3. The lowest BCUT2D eigenvalue weighted by atomic mass is 10.1. The molecule has 0 spiro atoms. The number of piperazine rings is 1. The van der Waals surface area contributed by atoms with Crippen LogP contribution in [0.3, 0.4) is 0 Å². The number of amides is 1. The molecule has 2 rings (SSSR count). The zero-order valence-electron chi connectivity index (χ0n) is 12.2. The molecule has 0 unspecified atom stereocenters. The minimum absolute atomic E-state index is 0.0761. The van der Waals surface area contributed by atoms with Gasteiger partial charge in [0.2, 0.25) is 0 Å². The summed E-state index contributed by atoms with van der Waals surface area (Å²) in [5.41, 5.74) is 6.81. The van der Waals surface area contributed by atoms with Crippen molar-refractivity contribution in [3.63, 3.8) is 0 Å². The average Bonchev–Trinajstić information content (AvgIpc) is 2.47. The number of ether oxygens (including phenoxy) is 2. The number of likely N-dealkylation sites (N-methyl/N-ethyl adjacent to an activating group) is 1. The number of carbonyl (C=O) groups is 1. The van der Waals surface area contributed by atoms with Crippen molar-refractivity contribution < 1.29 is 14.3 Å². The van der Waals surface area contributed by atoms with E-state index in [1.165, 1.54) is 7.11 Å². The molecule has 1 fully saturated rings. The lowest BCUT2D eigenvalue weighted by Crippen LogP contribution is -2.47. The molecule has 0 atom stereocenters. The fourth-order valence-corrected chi connectivity index (χ4v) is 2.24. The number of nitrogens with two attached hydrogens (primary N) is 1. The molecular weight excluding hydrogens is 258 g/mol. The molecule has 1 aliphatic heterocycles. The predicted molar refractivity (Wildman–Crippen MR) is 77.4 cm³/mol. The van der Waals surface area contributed by atoms with E-state index in [1.807, 2.05) is 11.9 Å². The van der Waals surface area contributed by atoms with Crippen LogP contribution in [0, 0.1) is 0 Å². The molecule has 0 saturated carbocycles. The molecule has 0 bridgehead atoms. The maximum Gasteiger partial charge on any atom is 0.256 e. The van der Waals surface area contributed by atoms with Gasteiger partial charge in [-0.25, -0.2) is 0 Å². The molecule has 0 aromatic heterocycles. The third-order valence-electron chi connectivity index (χ3n) is 3.59. The highest BCUT2D eigenvalue weighted by Gasteiger charge is 2.24. The van der Waals surface area contributed by atoms with Gasteiger partial charge in [0.25, 0.3) is 5.91 Å². The largest absolute Gasteiger partial charge is 0.497 e. The van der Waals surface area contributed by atoms with Gasteiger partial charge < -0.3 is 25.0 Å². The minimum Gasteiger partial charge on any atom is -0.497 e. The van der Waals surface area contributed by atoms with E-state index >= 15 is 0 Å². The van der Waals surface area contributed by atoms with E-state index in [0.29, 0.717) is 35.8 Å². The second-order valence-electron chi connectivity index (χ2n) is 4.89. The molecule has 0 radical (unpaired) electrons. The highest BCUT2D eigenvalue weighted by atomic mass is 16.5. The first-order valence-corrected chi connectivity index (χ1v) is 6.56. The minimum atomic E-state index is -0.0761. The summed E-state index contributed by atoms with van der Waals surface area (Å²) < 4.78 is 10.4. The molecule has 1 amide bonds. The topological polar surface area (TPSA) is 68.0 Å². The molecule has 110 valence electrons. The SMILES string of the molecule is COc1cc(OC)c(N)c(C(=O)N2CCN(C)CC2)c1. The standard InChI is InChI=1S/C14H21N3O3/c1-16-4-6-17(7-5-16)14(18)11-8-10(19-2)9-12(20-3)13(11)15/h8-9H,4-7,15H2,1-3H3. The number of methoxy groups -OCH3 is 2. The summed E-state index contributed by atoms with van der Waals surface area (Å²) in [4.78, 5) is 16.6. The van der Waals surface area contributed by atoms with Crippen molar-refractivity contribution >= 4 is 11.6 Å². The van der Waals surface area contributed by atoms with Crippen LogP contribution in [0.25, 0.3) is 0 Å². The number of nitrogens with zero attached hydrogens (tertiary/aromatic N) is 2. The van der Waals surface area contributed by atoms with E-state index in [-0.39, 0.29) is 5.91 Å². The molecule has 0 aliphatic carbocycles. The monoisotopic (exact) mass is 279 g/mol. The molecule has 1 aliphatic rings. The number of anilines is 1. The van der Waals surface area contributed by atoms with E-state index in [9.17, 15) is 4.79 Å². The van der Waals surface area contributed by atoms with Crippen molar-refractivity contribution in [1.82, 2.24) is 9.80 Å². The second-order valence-corrected chi connectivity index (χ2v) is 4.89. The highest BCUT2D eigenvalue weighted by Crippen LogP contribution is 2.31. The summed E-state index contributed by atoms with van der Waals surface area (Å²) in [6.45, 7) is 3.14. The second kappa shape index (κ2) is 6.00. The van der Waals surface area contributed by atoms with Gasteiger partial charge >= 0.3 is 0 Å². The van der Waals surface area contributed by atoms with Crippen LogP contribution in [0.5, 0.6) is 11.5 Å². The van der Waals surface area contributed by atoms with Crippen LogP contribution in [0.15, 0.2) is 12.1 Å². The summed E-state index contributed by atoms with van der Waals surface area (Å²) in [7, 11) is 5.12. The lowest BCUT2D eigenvalue weighted by Gasteiger charge is -2.32. The molecule has 1 saturated heterocycles. The Balaban J connectivity index is 2.29. The van der Waals surface area contributed by atoms with Crippen LogP contribution >= 0.6 is 0 Å². The van der Waals surface area contributed by atoms with Gasteiger partial charge in [-0.15, -0.1) is 0 Å². The number of nitrogen functional groups attached to an aromatic ring is 1. The average molecular weight is 279 g/mol. The molecule has 1 aromatic rings. The molecule has 1 heterocycles. The van der Waals surface area contributed by atoms with Crippen LogP contribution < -0.4 is 15.2 Å². The Kier molecular flexibility index (Phi) is 4.34. The fourth-order valence-electron chi connectivity index (χ4n) is 2.24. The van der Waals surface area contributed by atoms with Crippen molar-refractivity contribution in [2.24, 2.45) is 0 Å². The Bertz CT molecular complexity index is 497. The third kappa shape index (κ3) is 2.80. The van der Waals surface area contributed by atoms with Crippen molar-refractivity contribution in [3.05, 3.63) is 17.7 Å². The van der Waals surface area contributed by atoms with Gasteiger partial charge in [0, 0.05) is 32.2 Å². The molecule has 2 N–H and O–H groups in total. The molecule has 6 heteroatoms. The number of rotatable bonds is 3. The Morgan fingerprint density at radius 3 is 2.35 bits per heavy atom. The van der Waals surface area contributed by atoms with Gasteiger partial charge in [-0.05, 0) is 13.1 Å². The Morgan fingerprint density at radius 1 is 1.15 bits per heavy atom. The van der Waals surface area contributed by atoms with Gasteiger partial charge in [0.1, 0.15) is 11.5 Å². The summed E-state index contributed by atoms with van der Waals surface area (Å²) >= 11 is 0. The number of benzene rings is 1. The Hall–Kier alpha value is -1.95. The summed E-state index contributed by atoms with van der Waals surface area (Å²) in [5.74, 6) is 0.947. The van der Waals surface area contributed by atoms with Crippen molar-refractivity contribution in [1.29, 1.82) is 0 Å². The summed E-state index contributed by atoms with van der Waals surface area (Å²) in [5, 5.41) is 0. The van der Waals surface area contributed by atoms with Gasteiger partial charge in [0.05, 0.1) is 25.5 Å². The zero-order chi connectivity index (χ0) is 14.7. The maximum absolute atomic E-state index is 12.6. The van der Waals surface area contributed by atoms with E-state index in [0.717, 1.165) is 13.1 Å². The normalized spacial score (nSPS) is 16.1. The van der Waals surface area contributed by atoms with Crippen LogP contribution in [0.4, 0.5) is 5.69 Å². The first-order chi connectivity index (χ1) is 9.56. The van der Waals surface area contributed by atoms with Crippen molar-refractivity contribution in [3.8, 4) is 11.5 Å². The lowest BCUT2D eigenvalue weighted by molar-refractivity contribution is 0.0664.